The SMILES string of the molecule is CC(C)N1CC(CN(C)Cc2nc(Cc3ccccc3)n(-c3ccc(S(N)(=O)=O)cc3F)n2)C=N1. The first-order valence-electron chi connectivity index (χ1n) is 11.4. The predicted molar refractivity (Wildman–Crippen MR) is 132 cm³/mol. The van der Waals surface area contributed by atoms with E-state index in [-0.39, 0.29) is 10.6 Å². The number of sulfonamides is 1. The quantitative estimate of drug-likeness (QED) is 0.484. The number of aromatic nitrogens is 3. The highest BCUT2D eigenvalue weighted by atomic mass is 32.2. The molecule has 1 aromatic heterocycles. The summed E-state index contributed by atoms with van der Waals surface area (Å²) in [5.41, 5.74) is 1.11. The van der Waals surface area contributed by atoms with Gasteiger partial charge in [0.05, 0.1) is 11.4 Å². The van der Waals surface area contributed by atoms with Gasteiger partial charge < -0.3 is 0 Å². The maximum Gasteiger partial charge on any atom is 0.238 e. The molecule has 0 amide bonds. The van der Waals surface area contributed by atoms with Gasteiger partial charge in [-0.2, -0.15) is 5.10 Å². The van der Waals surface area contributed by atoms with Crippen LogP contribution in [-0.4, -0.2) is 65.5 Å². The van der Waals surface area contributed by atoms with Gasteiger partial charge in [-0.05, 0) is 44.7 Å². The van der Waals surface area contributed by atoms with Gasteiger partial charge in [-0.3, -0.25) is 9.91 Å². The van der Waals surface area contributed by atoms with Gasteiger partial charge in [-0.15, -0.1) is 5.10 Å². The first kappa shape index (κ1) is 25.0. The number of benzene rings is 2. The molecule has 0 fully saturated rings. The summed E-state index contributed by atoms with van der Waals surface area (Å²) in [6.45, 7) is 6.35. The van der Waals surface area contributed by atoms with Crippen molar-refractivity contribution >= 4 is 16.2 Å². The summed E-state index contributed by atoms with van der Waals surface area (Å²) in [7, 11) is -2.03. The molecule has 11 heteroatoms. The second kappa shape index (κ2) is 10.2. The van der Waals surface area contributed by atoms with Gasteiger partial charge in [0.15, 0.2) is 5.82 Å². The van der Waals surface area contributed by atoms with Gasteiger partial charge in [0.2, 0.25) is 10.0 Å². The van der Waals surface area contributed by atoms with E-state index in [1.165, 1.54) is 16.8 Å². The highest BCUT2D eigenvalue weighted by molar-refractivity contribution is 7.89. The van der Waals surface area contributed by atoms with Crippen LogP contribution < -0.4 is 5.14 Å². The second-order valence-electron chi connectivity index (χ2n) is 9.11. The lowest BCUT2D eigenvalue weighted by Crippen LogP contribution is -2.32. The summed E-state index contributed by atoms with van der Waals surface area (Å²) in [6.07, 6.45) is 2.42. The molecule has 2 N–H and O–H groups in total. The zero-order valence-electron chi connectivity index (χ0n) is 20.0. The monoisotopic (exact) mass is 499 g/mol. The van der Waals surface area contributed by atoms with E-state index < -0.39 is 15.8 Å². The molecule has 186 valence electrons. The number of hydrogen-bond acceptors (Lipinski definition) is 7. The van der Waals surface area contributed by atoms with E-state index in [1.807, 2.05) is 43.6 Å². The topological polar surface area (TPSA) is 110 Å². The van der Waals surface area contributed by atoms with Crippen molar-refractivity contribution in [2.45, 2.75) is 37.8 Å². The van der Waals surface area contributed by atoms with Gasteiger partial charge in [0.25, 0.3) is 0 Å². The Kier molecular flexibility index (Phi) is 7.29. The van der Waals surface area contributed by atoms with Gasteiger partial charge in [-0.1, -0.05) is 30.3 Å². The third-order valence-corrected chi connectivity index (χ3v) is 6.71. The summed E-state index contributed by atoms with van der Waals surface area (Å²) in [5.74, 6) is 0.655. The van der Waals surface area contributed by atoms with Crippen LogP contribution in [0.2, 0.25) is 0 Å². The molecule has 0 saturated carbocycles. The number of hydrazone groups is 1. The van der Waals surface area contributed by atoms with Crippen molar-refractivity contribution in [1.29, 1.82) is 0 Å². The zero-order chi connectivity index (χ0) is 25.2. The molecule has 1 unspecified atom stereocenters. The number of nitrogens with two attached hydrogens (primary N) is 1. The van der Waals surface area contributed by atoms with E-state index in [1.54, 1.807) is 0 Å². The number of rotatable bonds is 9. The van der Waals surface area contributed by atoms with Crippen LogP contribution in [0, 0.1) is 11.7 Å². The van der Waals surface area contributed by atoms with Crippen LogP contribution >= 0.6 is 0 Å². The van der Waals surface area contributed by atoms with Crippen LogP contribution in [0.25, 0.3) is 5.69 Å². The van der Waals surface area contributed by atoms with Crippen LogP contribution in [0.5, 0.6) is 0 Å². The van der Waals surface area contributed by atoms with Gasteiger partial charge >= 0.3 is 0 Å². The summed E-state index contributed by atoms with van der Waals surface area (Å²) in [5, 5.41) is 16.3. The molecular weight excluding hydrogens is 469 g/mol. The Labute approximate surface area is 205 Å². The molecule has 4 rings (SSSR count). The Morgan fingerprint density at radius 2 is 1.94 bits per heavy atom. The molecule has 2 aromatic carbocycles. The summed E-state index contributed by atoms with van der Waals surface area (Å²) >= 11 is 0. The molecule has 0 radical (unpaired) electrons. The summed E-state index contributed by atoms with van der Waals surface area (Å²) < 4.78 is 39.7. The number of primary sulfonamides is 1. The lowest BCUT2D eigenvalue weighted by molar-refractivity contribution is 0.215. The largest absolute Gasteiger partial charge is 0.298 e. The first-order chi connectivity index (χ1) is 16.6. The summed E-state index contributed by atoms with van der Waals surface area (Å²) in [4.78, 5) is 6.53. The molecule has 1 aliphatic heterocycles. The van der Waals surface area contributed by atoms with E-state index in [9.17, 15) is 12.8 Å². The van der Waals surface area contributed by atoms with Gasteiger partial charge in [0.1, 0.15) is 17.3 Å². The smallest absolute Gasteiger partial charge is 0.238 e. The Balaban J connectivity index is 1.59. The van der Waals surface area contributed by atoms with E-state index in [2.05, 4.69) is 34.0 Å². The number of hydrogen-bond donors (Lipinski definition) is 1. The molecule has 1 atom stereocenters. The number of nitrogens with zero attached hydrogens (tertiary/aromatic N) is 6. The second-order valence-corrected chi connectivity index (χ2v) is 10.7. The standard InChI is InChI=1S/C24H30FN7O2S/c1-17(2)31-15-19(13-27-31)14-30(3)16-23-28-24(11-18-7-5-4-6-8-18)32(29-23)22-10-9-20(12-21(22)25)35(26,33)34/h4-10,12-13,17,19H,11,14-16H2,1-3H3,(H2,26,33,34). The zero-order valence-corrected chi connectivity index (χ0v) is 20.9. The fraction of sp³-hybridized carbons (Fsp3) is 0.375. The van der Waals surface area contributed by atoms with Crippen molar-refractivity contribution in [3.63, 3.8) is 0 Å². The third-order valence-electron chi connectivity index (χ3n) is 5.80. The lowest BCUT2D eigenvalue weighted by Gasteiger charge is -2.22. The fourth-order valence-corrected chi connectivity index (χ4v) is 4.58. The summed E-state index contributed by atoms with van der Waals surface area (Å²) in [6, 6.07) is 13.6. The van der Waals surface area contributed by atoms with E-state index in [0.29, 0.717) is 36.6 Å². The third kappa shape index (κ3) is 6.11. The van der Waals surface area contributed by atoms with Crippen LogP contribution in [0.4, 0.5) is 4.39 Å². The van der Waals surface area contributed by atoms with Crippen molar-refractivity contribution in [2.75, 3.05) is 20.1 Å². The fourth-order valence-electron chi connectivity index (χ4n) is 4.05. The molecule has 9 nitrogen and oxygen atoms in total. The normalized spacial score (nSPS) is 16.1. The van der Waals surface area contributed by atoms with Crippen molar-refractivity contribution in [3.8, 4) is 5.69 Å². The maximum absolute atomic E-state index is 15.0. The Morgan fingerprint density at radius 3 is 2.57 bits per heavy atom. The first-order valence-corrected chi connectivity index (χ1v) is 13.0. The minimum atomic E-state index is -4.02. The highest BCUT2D eigenvalue weighted by Gasteiger charge is 2.23. The van der Waals surface area contributed by atoms with E-state index >= 15 is 0 Å². The van der Waals surface area contributed by atoms with Crippen molar-refractivity contribution in [2.24, 2.45) is 16.2 Å². The predicted octanol–water partition coefficient (Wildman–Crippen LogP) is 2.40. The molecule has 1 aliphatic rings. The maximum atomic E-state index is 15.0. The van der Waals surface area contributed by atoms with Crippen molar-refractivity contribution < 1.29 is 12.8 Å². The molecule has 2 heterocycles. The van der Waals surface area contributed by atoms with Crippen molar-refractivity contribution in [1.82, 2.24) is 24.7 Å². The van der Waals surface area contributed by atoms with Crippen LogP contribution in [0.1, 0.15) is 31.1 Å². The van der Waals surface area contributed by atoms with E-state index in [4.69, 9.17) is 10.1 Å². The van der Waals surface area contributed by atoms with E-state index in [0.717, 1.165) is 24.7 Å². The minimum absolute atomic E-state index is 0.111. The molecule has 3 aromatic rings. The minimum Gasteiger partial charge on any atom is -0.298 e. The highest BCUT2D eigenvalue weighted by Crippen LogP contribution is 2.21. The molecular formula is C24H30FN7O2S. The Morgan fingerprint density at radius 1 is 1.20 bits per heavy atom. The Hall–Kier alpha value is -3.15. The molecule has 0 saturated heterocycles. The molecule has 0 spiro atoms. The lowest BCUT2D eigenvalue weighted by atomic mass is 10.1. The Bertz CT molecular complexity index is 1310. The van der Waals surface area contributed by atoms with Crippen molar-refractivity contribution in [3.05, 3.63) is 71.6 Å². The molecule has 35 heavy (non-hydrogen) atoms. The average molecular weight is 500 g/mol. The molecule has 0 aliphatic carbocycles. The van der Waals surface area contributed by atoms with Crippen LogP contribution in [-0.2, 0) is 23.0 Å². The van der Waals surface area contributed by atoms with Crippen LogP contribution in [0.3, 0.4) is 0 Å². The molecule has 0 bridgehead atoms. The van der Waals surface area contributed by atoms with Crippen LogP contribution in [0.15, 0.2) is 58.5 Å². The number of halogens is 1. The van der Waals surface area contributed by atoms with Gasteiger partial charge in [0, 0.05) is 37.7 Å². The average Bonchev–Trinajstić information content (AvgIpc) is 3.41. The van der Waals surface area contributed by atoms with Gasteiger partial charge in [-0.25, -0.2) is 27.6 Å².